The first-order chi connectivity index (χ1) is 9.24. The van der Waals surface area contributed by atoms with Crippen molar-refractivity contribution in [3.05, 3.63) is 24.0 Å². The monoisotopic (exact) mass is 263 g/mol. The third kappa shape index (κ3) is 4.96. The standard InChI is InChI=1S/C14H21N3O2/c1-11-10-12(2-8-16-11)17-14(18)5-9-19-13-3-6-15-7-4-13/h2,8,10,13,15H,3-7,9H2,1H3,(H,16,17,18). The lowest BCUT2D eigenvalue weighted by Crippen LogP contribution is -2.33. The highest BCUT2D eigenvalue weighted by Gasteiger charge is 2.13. The van der Waals surface area contributed by atoms with Gasteiger partial charge in [-0.2, -0.15) is 0 Å². The van der Waals surface area contributed by atoms with Gasteiger partial charge in [-0.3, -0.25) is 9.78 Å². The molecule has 0 aromatic carbocycles. The minimum absolute atomic E-state index is 0.0143. The van der Waals surface area contributed by atoms with E-state index in [0.29, 0.717) is 19.1 Å². The lowest BCUT2D eigenvalue weighted by Gasteiger charge is -2.22. The Bertz CT molecular complexity index is 417. The van der Waals surface area contributed by atoms with Gasteiger partial charge in [0, 0.05) is 17.6 Å². The Morgan fingerprint density at radius 1 is 1.53 bits per heavy atom. The van der Waals surface area contributed by atoms with E-state index in [0.717, 1.165) is 37.3 Å². The first-order valence-electron chi connectivity index (χ1n) is 6.79. The minimum atomic E-state index is -0.0143. The molecule has 0 atom stereocenters. The highest BCUT2D eigenvalue weighted by atomic mass is 16.5. The van der Waals surface area contributed by atoms with E-state index in [4.69, 9.17) is 4.74 Å². The van der Waals surface area contributed by atoms with Gasteiger partial charge in [-0.25, -0.2) is 0 Å². The lowest BCUT2D eigenvalue weighted by molar-refractivity contribution is -0.117. The molecule has 19 heavy (non-hydrogen) atoms. The molecule has 0 radical (unpaired) electrons. The fourth-order valence-electron chi connectivity index (χ4n) is 2.13. The molecule has 1 aromatic heterocycles. The van der Waals surface area contributed by atoms with Crippen LogP contribution in [0.1, 0.15) is 25.0 Å². The van der Waals surface area contributed by atoms with Crippen molar-refractivity contribution in [2.45, 2.75) is 32.3 Å². The Morgan fingerprint density at radius 3 is 3.05 bits per heavy atom. The van der Waals surface area contributed by atoms with E-state index < -0.39 is 0 Å². The molecule has 0 bridgehead atoms. The molecule has 1 saturated heterocycles. The fourth-order valence-corrected chi connectivity index (χ4v) is 2.13. The second-order valence-corrected chi connectivity index (χ2v) is 4.80. The Kier molecular flexibility index (Phi) is 5.30. The lowest BCUT2D eigenvalue weighted by atomic mass is 10.1. The molecule has 0 aliphatic carbocycles. The smallest absolute Gasteiger partial charge is 0.226 e. The van der Waals surface area contributed by atoms with Crippen molar-refractivity contribution in [2.24, 2.45) is 0 Å². The molecule has 104 valence electrons. The summed E-state index contributed by atoms with van der Waals surface area (Å²) in [7, 11) is 0. The number of carbonyl (C=O) groups excluding carboxylic acids is 1. The maximum atomic E-state index is 11.7. The summed E-state index contributed by atoms with van der Waals surface area (Å²) in [6.07, 6.45) is 4.45. The SMILES string of the molecule is Cc1cc(NC(=O)CCOC2CCNCC2)ccn1. The number of hydrogen-bond acceptors (Lipinski definition) is 4. The molecule has 5 nitrogen and oxygen atoms in total. The number of rotatable bonds is 5. The average molecular weight is 263 g/mol. The molecule has 1 aliphatic rings. The summed E-state index contributed by atoms with van der Waals surface area (Å²) in [5, 5.41) is 6.14. The van der Waals surface area contributed by atoms with E-state index in [2.05, 4.69) is 15.6 Å². The van der Waals surface area contributed by atoms with Crippen LogP contribution in [0.3, 0.4) is 0 Å². The Balaban J connectivity index is 1.67. The summed E-state index contributed by atoms with van der Waals surface area (Å²) >= 11 is 0. The van der Waals surface area contributed by atoms with E-state index in [1.54, 1.807) is 12.3 Å². The number of aryl methyl sites for hydroxylation is 1. The van der Waals surface area contributed by atoms with Crippen LogP contribution in [0.25, 0.3) is 0 Å². The Morgan fingerprint density at radius 2 is 2.32 bits per heavy atom. The molecule has 2 rings (SSSR count). The largest absolute Gasteiger partial charge is 0.378 e. The summed E-state index contributed by atoms with van der Waals surface area (Å²) in [6, 6.07) is 3.64. The van der Waals surface area contributed by atoms with Gasteiger partial charge in [0.2, 0.25) is 5.91 Å². The van der Waals surface area contributed by atoms with Gasteiger partial charge in [0.1, 0.15) is 0 Å². The number of amides is 1. The highest BCUT2D eigenvalue weighted by Crippen LogP contribution is 2.09. The van der Waals surface area contributed by atoms with E-state index in [1.807, 2.05) is 13.0 Å². The topological polar surface area (TPSA) is 63.2 Å². The van der Waals surface area contributed by atoms with Gasteiger partial charge in [0.05, 0.1) is 19.1 Å². The second-order valence-electron chi connectivity index (χ2n) is 4.80. The van der Waals surface area contributed by atoms with Crippen LogP contribution in [0.2, 0.25) is 0 Å². The summed E-state index contributed by atoms with van der Waals surface area (Å²) in [5.74, 6) is -0.0143. The maximum absolute atomic E-state index is 11.7. The number of aromatic nitrogens is 1. The molecule has 5 heteroatoms. The van der Waals surface area contributed by atoms with E-state index in [9.17, 15) is 4.79 Å². The first-order valence-corrected chi connectivity index (χ1v) is 6.79. The minimum Gasteiger partial charge on any atom is -0.378 e. The van der Waals surface area contributed by atoms with Gasteiger partial charge in [-0.15, -0.1) is 0 Å². The van der Waals surface area contributed by atoms with Crippen molar-refractivity contribution < 1.29 is 9.53 Å². The van der Waals surface area contributed by atoms with Crippen LogP contribution in [-0.2, 0) is 9.53 Å². The van der Waals surface area contributed by atoms with Gasteiger partial charge in [-0.1, -0.05) is 0 Å². The van der Waals surface area contributed by atoms with E-state index >= 15 is 0 Å². The summed E-state index contributed by atoms with van der Waals surface area (Å²) in [4.78, 5) is 15.8. The summed E-state index contributed by atoms with van der Waals surface area (Å²) in [6.45, 7) is 4.40. The average Bonchev–Trinajstić information content (AvgIpc) is 2.40. The predicted molar refractivity (Wildman–Crippen MR) is 74.1 cm³/mol. The molecule has 2 N–H and O–H groups in total. The molecule has 1 amide bonds. The molecular formula is C14H21N3O2. The van der Waals surface area contributed by atoms with Crippen molar-refractivity contribution in [1.29, 1.82) is 0 Å². The maximum Gasteiger partial charge on any atom is 0.226 e. The summed E-state index contributed by atoms with van der Waals surface area (Å²) < 4.78 is 5.70. The van der Waals surface area contributed by atoms with Crippen molar-refractivity contribution in [2.75, 3.05) is 25.0 Å². The number of nitrogens with zero attached hydrogens (tertiary/aromatic N) is 1. The van der Waals surface area contributed by atoms with Crippen molar-refractivity contribution in [3.8, 4) is 0 Å². The third-order valence-corrected chi connectivity index (χ3v) is 3.15. The van der Waals surface area contributed by atoms with Gasteiger partial charge in [0.25, 0.3) is 0 Å². The quantitative estimate of drug-likeness (QED) is 0.845. The zero-order valence-electron chi connectivity index (χ0n) is 11.3. The molecule has 0 unspecified atom stereocenters. The van der Waals surface area contributed by atoms with E-state index in [1.165, 1.54) is 0 Å². The normalized spacial score (nSPS) is 16.3. The number of anilines is 1. The van der Waals surface area contributed by atoms with Crippen LogP contribution < -0.4 is 10.6 Å². The van der Waals surface area contributed by atoms with Crippen molar-refractivity contribution in [1.82, 2.24) is 10.3 Å². The van der Waals surface area contributed by atoms with Crippen LogP contribution in [-0.4, -0.2) is 36.7 Å². The number of piperidine rings is 1. The van der Waals surface area contributed by atoms with Gasteiger partial charge in [-0.05, 0) is 45.0 Å². The van der Waals surface area contributed by atoms with Crippen LogP contribution in [0.4, 0.5) is 5.69 Å². The molecule has 1 fully saturated rings. The molecule has 1 aromatic rings. The molecular weight excluding hydrogens is 242 g/mol. The number of pyridine rings is 1. The zero-order chi connectivity index (χ0) is 13.5. The fraction of sp³-hybridized carbons (Fsp3) is 0.571. The van der Waals surface area contributed by atoms with E-state index in [-0.39, 0.29) is 5.91 Å². The Hall–Kier alpha value is -1.46. The molecule has 0 saturated carbocycles. The van der Waals surface area contributed by atoms with Crippen LogP contribution >= 0.6 is 0 Å². The van der Waals surface area contributed by atoms with Gasteiger partial charge < -0.3 is 15.4 Å². The first kappa shape index (κ1) is 14.0. The predicted octanol–water partition coefficient (Wildman–Crippen LogP) is 1.49. The molecule has 0 spiro atoms. The molecule has 2 heterocycles. The van der Waals surface area contributed by atoms with Crippen LogP contribution in [0.5, 0.6) is 0 Å². The number of carbonyl (C=O) groups is 1. The zero-order valence-corrected chi connectivity index (χ0v) is 11.3. The third-order valence-electron chi connectivity index (χ3n) is 3.15. The number of ether oxygens (including phenoxy) is 1. The van der Waals surface area contributed by atoms with Crippen molar-refractivity contribution >= 4 is 11.6 Å². The summed E-state index contributed by atoms with van der Waals surface area (Å²) in [5.41, 5.74) is 1.68. The highest BCUT2D eigenvalue weighted by molar-refractivity contribution is 5.90. The van der Waals surface area contributed by atoms with Gasteiger partial charge in [0.15, 0.2) is 0 Å². The van der Waals surface area contributed by atoms with Crippen LogP contribution in [0.15, 0.2) is 18.3 Å². The number of hydrogen-bond donors (Lipinski definition) is 2. The second kappa shape index (κ2) is 7.21. The molecule has 1 aliphatic heterocycles. The van der Waals surface area contributed by atoms with Gasteiger partial charge >= 0.3 is 0 Å². The van der Waals surface area contributed by atoms with Crippen molar-refractivity contribution in [3.63, 3.8) is 0 Å². The van der Waals surface area contributed by atoms with Crippen LogP contribution in [0, 0.1) is 6.92 Å². The number of nitrogens with one attached hydrogen (secondary N) is 2. The Labute approximate surface area is 113 Å².